The molecule has 1 atom stereocenters. The predicted molar refractivity (Wildman–Crippen MR) is 54.6 cm³/mol. The molecule has 1 aromatic heterocycles. The zero-order chi connectivity index (χ0) is 9.76. The van der Waals surface area contributed by atoms with Gasteiger partial charge in [-0.15, -0.1) is 0 Å². The molecule has 2 heterocycles. The van der Waals surface area contributed by atoms with Gasteiger partial charge in [0.2, 0.25) is 0 Å². The second kappa shape index (κ2) is 2.30. The predicted octanol–water partition coefficient (Wildman–Crippen LogP) is 0.276. The van der Waals surface area contributed by atoms with Crippen LogP contribution in [0.5, 0.6) is 0 Å². The van der Waals surface area contributed by atoms with Crippen molar-refractivity contribution < 1.29 is 0 Å². The van der Waals surface area contributed by atoms with E-state index in [2.05, 4.69) is 15.3 Å². The molecule has 0 saturated heterocycles. The summed E-state index contributed by atoms with van der Waals surface area (Å²) < 4.78 is 0. The second-order valence-corrected chi connectivity index (χ2v) is 3.99. The van der Waals surface area contributed by atoms with Crippen molar-refractivity contribution in [3.63, 3.8) is 0 Å². The Hall–Kier alpha value is -1.49. The average Bonchev–Trinajstić information content (AvgIpc) is 2.87. The Balaban J connectivity index is 2.14. The number of fused-ring (bicyclic) bond motifs is 1. The van der Waals surface area contributed by atoms with E-state index in [0.29, 0.717) is 11.9 Å². The number of aromatic amines is 1. The maximum Gasteiger partial charge on any atom is 0.195 e. The van der Waals surface area contributed by atoms with Crippen molar-refractivity contribution in [1.82, 2.24) is 4.98 Å². The summed E-state index contributed by atoms with van der Waals surface area (Å²) in [6.07, 6.45) is 4.12. The first kappa shape index (κ1) is 7.87. The Morgan fingerprint density at radius 3 is 3.00 bits per heavy atom. The third kappa shape index (κ3) is 0.899. The molecule has 1 aliphatic heterocycles. The second-order valence-electron chi connectivity index (χ2n) is 3.99. The summed E-state index contributed by atoms with van der Waals surface area (Å²) in [4.78, 5) is 7.46. The van der Waals surface area contributed by atoms with E-state index >= 15 is 0 Å². The van der Waals surface area contributed by atoms with Gasteiger partial charge in [0.25, 0.3) is 0 Å². The van der Waals surface area contributed by atoms with Gasteiger partial charge in [0.05, 0.1) is 11.4 Å². The minimum absolute atomic E-state index is 0.409. The Morgan fingerprint density at radius 2 is 2.29 bits per heavy atom. The van der Waals surface area contributed by atoms with E-state index in [1.54, 1.807) is 0 Å². The number of hydrogen-bond donors (Lipinski definition) is 4. The quantitative estimate of drug-likeness (QED) is 0.513. The van der Waals surface area contributed by atoms with Gasteiger partial charge in [-0.3, -0.25) is 0 Å². The SMILES string of the molecule is NC1=NC(N)(C2CC2)c2[nH]ccc2N1. The highest BCUT2D eigenvalue weighted by molar-refractivity contribution is 5.95. The van der Waals surface area contributed by atoms with E-state index in [1.807, 2.05) is 12.3 Å². The van der Waals surface area contributed by atoms with Gasteiger partial charge in [-0.2, -0.15) is 0 Å². The van der Waals surface area contributed by atoms with E-state index in [4.69, 9.17) is 11.5 Å². The van der Waals surface area contributed by atoms with Crippen LogP contribution in [0.3, 0.4) is 0 Å². The monoisotopic (exact) mass is 191 g/mol. The Morgan fingerprint density at radius 1 is 1.50 bits per heavy atom. The van der Waals surface area contributed by atoms with Crippen LogP contribution in [0.2, 0.25) is 0 Å². The van der Waals surface area contributed by atoms with Crippen LogP contribution in [0.25, 0.3) is 0 Å². The lowest BCUT2D eigenvalue weighted by atomic mass is 10.00. The fourth-order valence-electron chi connectivity index (χ4n) is 2.04. The number of hydrogen-bond acceptors (Lipinski definition) is 4. The van der Waals surface area contributed by atoms with E-state index < -0.39 is 5.66 Å². The van der Waals surface area contributed by atoms with Crippen LogP contribution in [0, 0.1) is 5.92 Å². The fraction of sp³-hybridized carbons (Fsp3) is 0.444. The van der Waals surface area contributed by atoms with Gasteiger partial charge in [0.1, 0.15) is 0 Å². The largest absolute Gasteiger partial charge is 0.370 e. The van der Waals surface area contributed by atoms with Gasteiger partial charge >= 0.3 is 0 Å². The van der Waals surface area contributed by atoms with Gasteiger partial charge in [-0.25, -0.2) is 4.99 Å². The van der Waals surface area contributed by atoms with Crippen molar-refractivity contribution in [2.75, 3.05) is 5.32 Å². The Labute approximate surface area is 81.6 Å². The Kier molecular flexibility index (Phi) is 1.29. The van der Waals surface area contributed by atoms with Crippen LogP contribution in [0.15, 0.2) is 17.3 Å². The Bertz CT molecular complexity index is 403. The lowest BCUT2D eigenvalue weighted by molar-refractivity contribution is 0.392. The molecule has 1 fully saturated rings. The van der Waals surface area contributed by atoms with Gasteiger partial charge < -0.3 is 21.8 Å². The maximum absolute atomic E-state index is 6.27. The third-order valence-electron chi connectivity index (χ3n) is 2.92. The highest BCUT2D eigenvalue weighted by Crippen LogP contribution is 2.47. The summed E-state index contributed by atoms with van der Waals surface area (Å²) in [6.45, 7) is 0. The molecule has 3 rings (SSSR count). The van der Waals surface area contributed by atoms with Crippen LogP contribution in [-0.4, -0.2) is 10.9 Å². The zero-order valence-corrected chi connectivity index (χ0v) is 7.75. The molecule has 0 spiro atoms. The first-order valence-corrected chi connectivity index (χ1v) is 4.79. The smallest absolute Gasteiger partial charge is 0.195 e. The molecule has 0 bridgehead atoms. The number of aromatic nitrogens is 1. The topological polar surface area (TPSA) is 92.2 Å². The summed E-state index contributed by atoms with van der Waals surface area (Å²) in [5, 5.41) is 2.99. The van der Waals surface area contributed by atoms with Crippen molar-refractivity contribution in [3.8, 4) is 0 Å². The molecule has 1 aromatic rings. The molecule has 1 saturated carbocycles. The summed E-state index contributed by atoms with van der Waals surface area (Å²) in [7, 11) is 0. The lowest BCUT2D eigenvalue weighted by Crippen LogP contribution is -2.44. The molecule has 6 N–H and O–H groups in total. The van der Waals surface area contributed by atoms with Crippen LogP contribution in [0.1, 0.15) is 18.5 Å². The molecule has 5 heteroatoms. The molecular weight excluding hydrogens is 178 g/mol. The number of rotatable bonds is 1. The fourth-order valence-corrected chi connectivity index (χ4v) is 2.04. The average molecular weight is 191 g/mol. The standard InChI is InChI=1S/C9H13N5/c10-8-13-6-3-4-12-7(6)9(11,14-8)5-1-2-5/h3-5,12H,1-2,11H2,(H3,10,13,14). The van der Waals surface area contributed by atoms with Crippen LogP contribution >= 0.6 is 0 Å². The first-order valence-electron chi connectivity index (χ1n) is 4.79. The molecule has 14 heavy (non-hydrogen) atoms. The number of nitrogens with two attached hydrogens (primary N) is 2. The highest BCUT2D eigenvalue weighted by Gasteiger charge is 2.47. The van der Waals surface area contributed by atoms with Gasteiger partial charge in [-0.1, -0.05) is 0 Å². The van der Waals surface area contributed by atoms with Gasteiger partial charge in [0, 0.05) is 12.1 Å². The molecule has 0 radical (unpaired) electrons. The first-order chi connectivity index (χ1) is 6.70. The molecule has 74 valence electrons. The maximum atomic E-state index is 6.27. The number of aliphatic imine (C=N–C) groups is 1. The van der Waals surface area contributed by atoms with Gasteiger partial charge in [0.15, 0.2) is 11.6 Å². The van der Waals surface area contributed by atoms with Crippen molar-refractivity contribution in [2.45, 2.75) is 18.5 Å². The van der Waals surface area contributed by atoms with E-state index in [9.17, 15) is 0 Å². The molecule has 0 amide bonds. The number of anilines is 1. The zero-order valence-electron chi connectivity index (χ0n) is 7.75. The summed E-state index contributed by atoms with van der Waals surface area (Å²) in [5.74, 6) is 0.840. The highest BCUT2D eigenvalue weighted by atomic mass is 15.2. The minimum atomic E-state index is -0.631. The minimum Gasteiger partial charge on any atom is -0.370 e. The van der Waals surface area contributed by atoms with E-state index in [0.717, 1.165) is 24.2 Å². The normalized spacial score (nSPS) is 30.5. The third-order valence-corrected chi connectivity index (χ3v) is 2.92. The molecule has 1 unspecified atom stereocenters. The van der Waals surface area contributed by atoms with Gasteiger partial charge in [-0.05, 0) is 18.9 Å². The lowest BCUT2D eigenvalue weighted by Gasteiger charge is -2.30. The van der Waals surface area contributed by atoms with Crippen molar-refractivity contribution in [2.24, 2.45) is 22.4 Å². The van der Waals surface area contributed by atoms with Crippen LogP contribution < -0.4 is 16.8 Å². The van der Waals surface area contributed by atoms with Crippen molar-refractivity contribution >= 4 is 11.6 Å². The van der Waals surface area contributed by atoms with Crippen LogP contribution in [-0.2, 0) is 5.66 Å². The number of H-pyrrole nitrogens is 1. The molecule has 1 aliphatic carbocycles. The van der Waals surface area contributed by atoms with E-state index in [-0.39, 0.29) is 0 Å². The van der Waals surface area contributed by atoms with E-state index in [1.165, 1.54) is 0 Å². The molecular formula is C9H13N5. The summed E-state index contributed by atoms with van der Waals surface area (Å²) in [6, 6.07) is 1.93. The molecule has 2 aliphatic rings. The van der Waals surface area contributed by atoms with Crippen molar-refractivity contribution in [1.29, 1.82) is 0 Å². The van der Waals surface area contributed by atoms with Crippen LogP contribution in [0.4, 0.5) is 5.69 Å². The molecule has 0 aromatic carbocycles. The number of nitrogens with zero attached hydrogens (tertiary/aromatic N) is 1. The number of guanidine groups is 1. The van der Waals surface area contributed by atoms with Crippen molar-refractivity contribution in [3.05, 3.63) is 18.0 Å². The number of nitrogens with one attached hydrogen (secondary N) is 2. The molecule has 5 nitrogen and oxygen atoms in total. The summed E-state index contributed by atoms with van der Waals surface area (Å²) in [5.41, 5.74) is 13.2. The summed E-state index contributed by atoms with van der Waals surface area (Å²) >= 11 is 0.